The van der Waals surface area contributed by atoms with Crippen LogP contribution in [0.4, 0.5) is 10.8 Å². The number of azo groups is 1. The van der Waals surface area contributed by atoms with E-state index in [-0.39, 0.29) is 5.88 Å². The van der Waals surface area contributed by atoms with Gasteiger partial charge in [0.15, 0.2) is 5.69 Å². The van der Waals surface area contributed by atoms with E-state index in [4.69, 9.17) is 0 Å². The summed E-state index contributed by atoms with van der Waals surface area (Å²) in [5, 5.41) is 22.3. The highest BCUT2D eigenvalue weighted by atomic mass is 32.1. The minimum atomic E-state index is 0.175. The number of aromatic nitrogens is 2. The van der Waals surface area contributed by atoms with Crippen molar-refractivity contribution in [3.63, 3.8) is 0 Å². The SMILES string of the molecule is CCCCn1c(O)c(N=Nc2nccs2)c2cc(C)ccc21. The standard InChI is InChI=1S/C16H18N4OS/c1-3-4-8-20-13-6-5-11(2)10-12(13)14(15(20)21)18-19-16-17-7-9-22-16/h5-7,9-10,21H,3-4,8H2,1-2H3. The number of hydrogen-bond acceptors (Lipinski definition) is 5. The first-order chi connectivity index (χ1) is 10.7. The number of aryl methyl sites for hydroxylation is 2. The topological polar surface area (TPSA) is 62.8 Å². The van der Waals surface area contributed by atoms with Crippen molar-refractivity contribution < 1.29 is 5.11 Å². The molecule has 6 heteroatoms. The fourth-order valence-corrected chi connectivity index (χ4v) is 2.89. The maximum atomic E-state index is 10.6. The van der Waals surface area contributed by atoms with Crippen LogP contribution >= 0.6 is 11.3 Å². The molecule has 5 nitrogen and oxygen atoms in total. The number of aromatic hydroxyl groups is 1. The lowest BCUT2D eigenvalue weighted by molar-refractivity contribution is 0.418. The second-order valence-corrected chi connectivity index (χ2v) is 6.09. The lowest BCUT2D eigenvalue weighted by Gasteiger charge is -2.05. The maximum Gasteiger partial charge on any atom is 0.229 e. The molecule has 0 amide bonds. The third kappa shape index (κ3) is 2.74. The van der Waals surface area contributed by atoms with E-state index in [1.807, 2.05) is 35.1 Å². The minimum absolute atomic E-state index is 0.175. The van der Waals surface area contributed by atoms with Crippen LogP contribution in [0.5, 0.6) is 5.88 Å². The van der Waals surface area contributed by atoms with Gasteiger partial charge in [0.25, 0.3) is 0 Å². The zero-order chi connectivity index (χ0) is 15.5. The molecule has 0 atom stereocenters. The molecule has 0 unspecified atom stereocenters. The van der Waals surface area contributed by atoms with E-state index in [2.05, 4.69) is 22.1 Å². The van der Waals surface area contributed by atoms with Crippen molar-refractivity contribution in [3.8, 4) is 5.88 Å². The summed E-state index contributed by atoms with van der Waals surface area (Å²) in [5.74, 6) is 0.175. The van der Waals surface area contributed by atoms with Gasteiger partial charge in [-0.1, -0.05) is 25.0 Å². The van der Waals surface area contributed by atoms with Gasteiger partial charge in [0.1, 0.15) is 0 Å². The first-order valence-corrected chi connectivity index (χ1v) is 8.21. The van der Waals surface area contributed by atoms with E-state index in [1.54, 1.807) is 6.20 Å². The first kappa shape index (κ1) is 14.7. The Morgan fingerprint density at radius 2 is 2.18 bits per heavy atom. The van der Waals surface area contributed by atoms with Gasteiger partial charge in [-0.3, -0.25) is 0 Å². The van der Waals surface area contributed by atoms with Gasteiger partial charge in [0.2, 0.25) is 11.0 Å². The molecule has 0 aliphatic heterocycles. The summed E-state index contributed by atoms with van der Waals surface area (Å²) in [5.41, 5.74) is 2.64. The fraction of sp³-hybridized carbons (Fsp3) is 0.312. The fourth-order valence-electron chi connectivity index (χ4n) is 2.44. The Kier molecular flexibility index (Phi) is 4.20. The Hall–Kier alpha value is -2.21. The van der Waals surface area contributed by atoms with Gasteiger partial charge in [-0.2, -0.15) is 0 Å². The molecular weight excluding hydrogens is 296 g/mol. The second kappa shape index (κ2) is 6.27. The highest BCUT2D eigenvalue weighted by Gasteiger charge is 2.16. The smallest absolute Gasteiger partial charge is 0.229 e. The molecule has 0 aliphatic carbocycles. The molecular formula is C16H18N4OS. The highest BCUT2D eigenvalue weighted by molar-refractivity contribution is 7.13. The third-order valence-electron chi connectivity index (χ3n) is 3.56. The van der Waals surface area contributed by atoms with Crippen LogP contribution in [0.1, 0.15) is 25.3 Å². The maximum absolute atomic E-state index is 10.6. The van der Waals surface area contributed by atoms with Gasteiger partial charge in [-0.15, -0.1) is 21.6 Å². The highest BCUT2D eigenvalue weighted by Crippen LogP contribution is 2.40. The van der Waals surface area contributed by atoms with E-state index in [0.717, 1.165) is 35.9 Å². The Morgan fingerprint density at radius 1 is 1.32 bits per heavy atom. The zero-order valence-electron chi connectivity index (χ0n) is 12.7. The number of benzene rings is 1. The molecule has 114 valence electrons. The number of rotatable bonds is 5. The first-order valence-electron chi connectivity index (χ1n) is 7.33. The summed E-state index contributed by atoms with van der Waals surface area (Å²) in [7, 11) is 0. The van der Waals surface area contributed by atoms with Crippen LogP contribution in [-0.4, -0.2) is 14.7 Å². The van der Waals surface area contributed by atoms with Crippen LogP contribution in [-0.2, 0) is 6.54 Å². The van der Waals surface area contributed by atoms with Crippen LogP contribution in [0.25, 0.3) is 10.9 Å². The molecule has 0 aliphatic rings. The molecule has 2 aromatic heterocycles. The molecule has 22 heavy (non-hydrogen) atoms. The van der Waals surface area contributed by atoms with Crippen LogP contribution < -0.4 is 0 Å². The average Bonchev–Trinajstić information content (AvgIpc) is 3.10. The molecule has 3 rings (SSSR count). The van der Waals surface area contributed by atoms with E-state index >= 15 is 0 Å². The van der Waals surface area contributed by atoms with Gasteiger partial charge < -0.3 is 9.67 Å². The third-order valence-corrected chi connectivity index (χ3v) is 4.21. The molecule has 2 heterocycles. The minimum Gasteiger partial charge on any atom is -0.493 e. The summed E-state index contributed by atoms with van der Waals surface area (Å²) >= 11 is 1.42. The second-order valence-electron chi connectivity index (χ2n) is 5.21. The Balaban J connectivity index is 2.11. The van der Waals surface area contributed by atoms with E-state index in [9.17, 15) is 5.11 Å². The largest absolute Gasteiger partial charge is 0.493 e. The quantitative estimate of drug-likeness (QED) is 0.647. The van der Waals surface area contributed by atoms with E-state index < -0.39 is 0 Å². The van der Waals surface area contributed by atoms with Crippen LogP contribution in [0.3, 0.4) is 0 Å². The van der Waals surface area contributed by atoms with Gasteiger partial charge in [-0.25, -0.2) is 4.98 Å². The molecule has 0 bridgehead atoms. The van der Waals surface area contributed by atoms with Crippen molar-refractivity contribution in [3.05, 3.63) is 35.3 Å². The van der Waals surface area contributed by atoms with Gasteiger partial charge >= 0.3 is 0 Å². The molecule has 3 aromatic rings. The lowest BCUT2D eigenvalue weighted by atomic mass is 10.1. The van der Waals surface area contributed by atoms with Gasteiger partial charge in [-0.05, 0) is 25.5 Å². The summed E-state index contributed by atoms with van der Waals surface area (Å²) in [6, 6.07) is 6.11. The van der Waals surface area contributed by atoms with Crippen molar-refractivity contribution >= 4 is 33.1 Å². The molecule has 0 fully saturated rings. The van der Waals surface area contributed by atoms with Gasteiger partial charge in [0, 0.05) is 23.5 Å². The molecule has 1 aromatic carbocycles. The summed E-state index contributed by atoms with van der Waals surface area (Å²) in [6.45, 7) is 4.94. The number of nitrogens with zero attached hydrogens (tertiary/aromatic N) is 4. The lowest BCUT2D eigenvalue weighted by Crippen LogP contribution is -1.96. The summed E-state index contributed by atoms with van der Waals surface area (Å²) in [6.07, 6.45) is 3.77. The average molecular weight is 314 g/mol. The van der Waals surface area contributed by atoms with Gasteiger partial charge in [0.05, 0.1) is 5.52 Å². The number of unbranched alkanes of at least 4 members (excludes halogenated alkanes) is 1. The Bertz CT molecular complexity index is 805. The predicted molar refractivity (Wildman–Crippen MR) is 89.5 cm³/mol. The van der Waals surface area contributed by atoms with E-state index in [1.165, 1.54) is 11.3 Å². The number of thiazole rings is 1. The molecule has 1 N–H and O–H groups in total. The van der Waals surface area contributed by atoms with Crippen molar-refractivity contribution in [2.45, 2.75) is 33.2 Å². The van der Waals surface area contributed by atoms with Crippen molar-refractivity contribution in [2.75, 3.05) is 0 Å². The number of hydrogen-bond donors (Lipinski definition) is 1. The summed E-state index contributed by atoms with van der Waals surface area (Å²) in [4.78, 5) is 4.08. The normalized spacial score (nSPS) is 11.7. The Labute approximate surface area is 133 Å². The van der Waals surface area contributed by atoms with Crippen molar-refractivity contribution in [2.24, 2.45) is 10.2 Å². The van der Waals surface area contributed by atoms with Crippen LogP contribution in [0.2, 0.25) is 0 Å². The van der Waals surface area contributed by atoms with E-state index in [0.29, 0.717) is 10.8 Å². The summed E-state index contributed by atoms with van der Waals surface area (Å²) < 4.78 is 1.91. The number of fused-ring (bicyclic) bond motifs is 1. The molecule has 0 saturated carbocycles. The van der Waals surface area contributed by atoms with Crippen LogP contribution in [0, 0.1) is 6.92 Å². The predicted octanol–water partition coefficient (Wildman–Crippen LogP) is 5.33. The zero-order valence-corrected chi connectivity index (χ0v) is 13.5. The molecule has 0 saturated heterocycles. The monoisotopic (exact) mass is 314 g/mol. The van der Waals surface area contributed by atoms with Crippen molar-refractivity contribution in [1.82, 2.24) is 9.55 Å². The van der Waals surface area contributed by atoms with Crippen LogP contribution in [0.15, 0.2) is 40.0 Å². The van der Waals surface area contributed by atoms with Crippen molar-refractivity contribution in [1.29, 1.82) is 0 Å². The Morgan fingerprint density at radius 3 is 2.91 bits per heavy atom. The molecule has 0 radical (unpaired) electrons. The molecule has 0 spiro atoms.